The van der Waals surface area contributed by atoms with Gasteiger partial charge in [0.15, 0.2) is 0 Å². The van der Waals surface area contributed by atoms with Crippen LogP contribution in [0.4, 0.5) is 11.5 Å². The van der Waals surface area contributed by atoms with E-state index in [9.17, 15) is 9.59 Å². The Labute approximate surface area is 206 Å². The van der Waals surface area contributed by atoms with Gasteiger partial charge in [0.05, 0.1) is 13.1 Å². The molecule has 0 spiro atoms. The lowest BCUT2D eigenvalue weighted by Gasteiger charge is -2.26. The van der Waals surface area contributed by atoms with Crippen LogP contribution in [0.5, 0.6) is 5.75 Å². The molecule has 0 amide bonds. The first kappa shape index (κ1) is 26.1. The van der Waals surface area contributed by atoms with Gasteiger partial charge < -0.3 is 20.1 Å². The number of anilines is 2. The van der Waals surface area contributed by atoms with Crippen LogP contribution in [0.1, 0.15) is 42.9 Å². The Hall–Kier alpha value is -3.52. The van der Waals surface area contributed by atoms with E-state index in [1.807, 2.05) is 47.4 Å². The highest BCUT2D eigenvalue weighted by molar-refractivity contribution is 5.62. The maximum absolute atomic E-state index is 12.9. The monoisotopic (exact) mass is 480 g/mol. The summed E-state index contributed by atoms with van der Waals surface area (Å²) in [7, 11) is 1.64. The molecule has 0 saturated carbocycles. The fraction of sp³-hybridized carbons (Fsp3) is 0.407. The maximum atomic E-state index is 12.9. The summed E-state index contributed by atoms with van der Waals surface area (Å²) in [5.74, 6) is 1.36. The predicted octanol–water partition coefficient (Wildman–Crippen LogP) is 3.52. The van der Waals surface area contributed by atoms with Crippen LogP contribution in [0.2, 0.25) is 0 Å². The first-order chi connectivity index (χ1) is 16.8. The first-order valence-electron chi connectivity index (χ1n) is 12.0. The summed E-state index contributed by atoms with van der Waals surface area (Å²) in [4.78, 5) is 29.7. The normalized spacial score (nSPS) is 11.1. The van der Waals surface area contributed by atoms with Crippen molar-refractivity contribution in [1.29, 1.82) is 0 Å². The van der Waals surface area contributed by atoms with Crippen molar-refractivity contribution in [2.45, 2.75) is 39.7 Å². The van der Waals surface area contributed by atoms with Crippen LogP contribution in [0.25, 0.3) is 0 Å². The summed E-state index contributed by atoms with van der Waals surface area (Å²) < 4.78 is 12.6. The van der Waals surface area contributed by atoms with Crippen molar-refractivity contribution in [3.8, 4) is 5.75 Å². The predicted molar refractivity (Wildman–Crippen MR) is 141 cm³/mol. The maximum Gasteiger partial charge on any atom is 0.330 e. The number of benzene rings is 2. The van der Waals surface area contributed by atoms with Gasteiger partial charge in [-0.05, 0) is 48.1 Å². The van der Waals surface area contributed by atoms with Crippen molar-refractivity contribution in [2.75, 3.05) is 44.0 Å². The average Bonchev–Trinajstić information content (AvgIpc) is 2.82. The quantitative estimate of drug-likeness (QED) is 0.385. The van der Waals surface area contributed by atoms with Crippen LogP contribution in [0.3, 0.4) is 0 Å². The van der Waals surface area contributed by atoms with Crippen molar-refractivity contribution in [2.24, 2.45) is 0 Å². The van der Waals surface area contributed by atoms with Gasteiger partial charge in [0.1, 0.15) is 23.9 Å². The van der Waals surface area contributed by atoms with Gasteiger partial charge in [-0.15, -0.1) is 0 Å². The number of H-pyrrole nitrogens is 1. The van der Waals surface area contributed by atoms with Crippen molar-refractivity contribution in [3.63, 3.8) is 0 Å². The fourth-order valence-corrected chi connectivity index (χ4v) is 4.20. The molecule has 8 nitrogen and oxygen atoms in total. The number of rotatable bonds is 12. The van der Waals surface area contributed by atoms with E-state index in [0.717, 1.165) is 11.3 Å². The minimum atomic E-state index is -0.533. The Morgan fingerprint density at radius 1 is 1.06 bits per heavy atom. The molecule has 3 rings (SSSR count). The van der Waals surface area contributed by atoms with Crippen LogP contribution in [0, 0.1) is 6.92 Å². The molecule has 1 heterocycles. The van der Waals surface area contributed by atoms with Crippen molar-refractivity contribution in [1.82, 2.24) is 9.55 Å². The van der Waals surface area contributed by atoms with Gasteiger partial charge in [-0.3, -0.25) is 14.3 Å². The summed E-state index contributed by atoms with van der Waals surface area (Å²) in [5.41, 5.74) is 9.03. The molecule has 1 aromatic heterocycles. The number of nitrogens with zero attached hydrogens (tertiary/aromatic N) is 2. The molecule has 188 valence electrons. The molecule has 0 saturated heterocycles. The van der Waals surface area contributed by atoms with E-state index in [-0.39, 0.29) is 18.1 Å². The number of methoxy groups -OCH3 is 1. The molecule has 0 radical (unpaired) electrons. The number of nitrogen functional groups attached to an aromatic ring is 1. The van der Waals surface area contributed by atoms with Crippen LogP contribution < -0.4 is 26.6 Å². The standard InChI is InChI=1S/C27H36N4O4/c1-19(2)23-12-11-22(17-20(23)3)35-16-14-30(13-8-15-34-4)24-25(28)31(27(33)29-26(24)32)18-21-9-6-5-7-10-21/h5-7,9-12,17,19H,8,13-16,18,28H2,1-4H3,(H,29,32,33). The molecule has 0 aliphatic carbocycles. The molecule has 3 N–H and O–H groups in total. The van der Waals surface area contributed by atoms with Gasteiger partial charge in [-0.1, -0.05) is 50.2 Å². The molecule has 0 aliphatic rings. The van der Waals surface area contributed by atoms with E-state index >= 15 is 0 Å². The Bertz CT molecular complexity index is 1220. The van der Waals surface area contributed by atoms with Gasteiger partial charge in [0.25, 0.3) is 5.56 Å². The number of nitrogens with one attached hydrogen (secondary N) is 1. The topological polar surface area (TPSA) is 103 Å². The minimum Gasteiger partial charge on any atom is -0.492 e. The number of hydrogen-bond donors (Lipinski definition) is 2. The number of hydrogen-bond acceptors (Lipinski definition) is 6. The zero-order valence-electron chi connectivity index (χ0n) is 21.0. The summed E-state index contributed by atoms with van der Waals surface area (Å²) in [6, 6.07) is 15.6. The van der Waals surface area contributed by atoms with Crippen molar-refractivity contribution < 1.29 is 9.47 Å². The number of aromatic nitrogens is 2. The summed E-state index contributed by atoms with van der Waals surface area (Å²) in [6.45, 7) is 8.51. The molecule has 0 bridgehead atoms. The Balaban J connectivity index is 1.83. The first-order valence-corrected chi connectivity index (χ1v) is 12.0. The molecule has 0 unspecified atom stereocenters. The zero-order valence-corrected chi connectivity index (χ0v) is 21.0. The van der Waals surface area contributed by atoms with Gasteiger partial charge in [0, 0.05) is 20.3 Å². The highest BCUT2D eigenvalue weighted by atomic mass is 16.5. The van der Waals surface area contributed by atoms with Crippen LogP contribution in [-0.2, 0) is 11.3 Å². The molecule has 8 heteroatoms. The second-order valence-corrected chi connectivity index (χ2v) is 8.92. The SMILES string of the molecule is COCCCN(CCOc1ccc(C(C)C)c(C)c1)c1c(N)n(Cc2ccccc2)c(=O)[nH]c1=O. The van der Waals surface area contributed by atoms with Gasteiger partial charge >= 0.3 is 5.69 Å². The molecule has 2 aromatic carbocycles. The van der Waals surface area contributed by atoms with Gasteiger partial charge in [-0.25, -0.2) is 4.79 Å². The smallest absolute Gasteiger partial charge is 0.330 e. The Morgan fingerprint density at radius 3 is 2.46 bits per heavy atom. The number of ether oxygens (including phenoxy) is 2. The summed E-state index contributed by atoms with van der Waals surface area (Å²) in [5, 5.41) is 0. The van der Waals surface area contributed by atoms with Crippen LogP contribution in [0.15, 0.2) is 58.1 Å². The van der Waals surface area contributed by atoms with Gasteiger partial charge in [-0.2, -0.15) is 0 Å². The van der Waals surface area contributed by atoms with E-state index in [1.165, 1.54) is 15.7 Å². The average molecular weight is 481 g/mol. The van der Waals surface area contributed by atoms with E-state index in [2.05, 4.69) is 31.8 Å². The largest absolute Gasteiger partial charge is 0.492 e. The Morgan fingerprint density at radius 2 is 1.80 bits per heavy atom. The summed E-state index contributed by atoms with van der Waals surface area (Å²) >= 11 is 0. The van der Waals surface area contributed by atoms with Crippen LogP contribution in [-0.4, -0.2) is 43.0 Å². The van der Waals surface area contributed by atoms with E-state index in [4.69, 9.17) is 15.2 Å². The number of aromatic amines is 1. The number of nitrogens with two attached hydrogens (primary N) is 1. The van der Waals surface area contributed by atoms with Crippen molar-refractivity contribution >= 4 is 11.5 Å². The molecule has 0 aliphatic heterocycles. The lowest BCUT2D eigenvalue weighted by atomic mass is 9.98. The molecule has 0 atom stereocenters. The third kappa shape index (κ3) is 6.76. The fourth-order valence-electron chi connectivity index (χ4n) is 4.20. The highest BCUT2D eigenvalue weighted by Gasteiger charge is 2.19. The lowest BCUT2D eigenvalue weighted by Crippen LogP contribution is -2.40. The molecule has 0 fully saturated rings. The van der Waals surface area contributed by atoms with E-state index < -0.39 is 11.2 Å². The zero-order chi connectivity index (χ0) is 25.4. The van der Waals surface area contributed by atoms with Crippen molar-refractivity contribution in [3.05, 3.63) is 86.1 Å². The third-order valence-electron chi connectivity index (χ3n) is 5.98. The second-order valence-electron chi connectivity index (χ2n) is 8.92. The highest BCUT2D eigenvalue weighted by Crippen LogP contribution is 2.24. The summed E-state index contributed by atoms with van der Waals surface area (Å²) in [6.07, 6.45) is 0.690. The second kappa shape index (κ2) is 12.3. The molecule has 3 aromatic rings. The van der Waals surface area contributed by atoms with E-state index in [1.54, 1.807) is 7.11 Å². The Kier molecular flexibility index (Phi) is 9.14. The minimum absolute atomic E-state index is 0.136. The van der Waals surface area contributed by atoms with Gasteiger partial charge in [0.2, 0.25) is 0 Å². The molecular formula is C27H36N4O4. The molecular weight excluding hydrogens is 444 g/mol. The number of aryl methyl sites for hydroxylation is 1. The lowest BCUT2D eigenvalue weighted by molar-refractivity contribution is 0.195. The molecule has 35 heavy (non-hydrogen) atoms. The third-order valence-corrected chi connectivity index (χ3v) is 5.98. The van der Waals surface area contributed by atoms with E-state index in [0.29, 0.717) is 38.6 Å². The van der Waals surface area contributed by atoms with Crippen LogP contribution >= 0.6 is 0 Å².